The van der Waals surface area contributed by atoms with Gasteiger partial charge in [-0.15, -0.1) is 0 Å². The molecule has 32 heavy (non-hydrogen) atoms. The van der Waals surface area contributed by atoms with Crippen LogP contribution in [0.15, 0.2) is 24.8 Å². The fourth-order valence-corrected chi connectivity index (χ4v) is 3.99. The molecule has 1 amide bonds. The Kier molecular flexibility index (Phi) is 4.30. The van der Waals surface area contributed by atoms with Crippen molar-refractivity contribution in [3.05, 3.63) is 35.6 Å². The van der Waals surface area contributed by atoms with Gasteiger partial charge in [-0.25, -0.2) is 13.8 Å². The zero-order chi connectivity index (χ0) is 22.0. The lowest BCUT2D eigenvalue weighted by atomic mass is 10.1. The Morgan fingerprint density at radius 1 is 1.31 bits per heavy atom. The van der Waals surface area contributed by atoms with Crippen LogP contribution in [-0.2, 0) is 4.79 Å². The van der Waals surface area contributed by atoms with E-state index in [1.165, 1.54) is 12.4 Å². The van der Waals surface area contributed by atoms with Crippen molar-refractivity contribution in [2.24, 2.45) is 5.92 Å². The molecule has 1 saturated carbocycles. The number of fused-ring (bicyclic) bond motifs is 2. The van der Waals surface area contributed by atoms with Crippen LogP contribution in [0.2, 0.25) is 5.02 Å². The summed E-state index contributed by atoms with van der Waals surface area (Å²) in [6.45, 7) is 1.25. The second kappa shape index (κ2) is 7.10. The van der Waals surface area contributed by atoms with Gasteiger partial charge in [0.2, 0.25) is 5.91 Å². The Hall–Kier alpha value is -3.31. The van der Waals surface area contributed by atoms with Gasteiger partial charge >= 0.3 is 0 Å². The van der Waals surface area contributed by atoms with Crippen LogP contribution >= 0.6 is 11.6 Å². The molecule has 3 N–H and O–H groups in total. The summed E-state index contributed by atoms with van der Waals surface area (Å²) in [5.74, 6) is -1.43. The summed E-state index contributed by atoms with van der Waals surface area (Å²) in [5.41, 5.74) is 1.57. The third-order valence-electron chi connectivity index (χ3n) is 5.67. The second-order valence-electron chi connectivity index (χ2n) is 7.90. The van der Waals surface area contributed by atoms with Crippen molar-refractivity contribution < 1.29 is 18.3 Å². The van der Waals surface area contributed by atoms with E-state index in [2.05, 4.69) is 30.8 Å². The fraction of sp³-hybridized carbons (Fsp3) is 0.300. The number of anilines is 1. The highest BCUT2D eigenvalue weighted by Crippen LogP contribution is 2.42. The molecule has 2 fully saturated rings. The number of hydrogen-bond acceptors (Lipinski definition) is 6. The van der Waals surface area contributed by atoms with Crippen LogP contribution in [0.5, 0.6) is 5.75 Å². The van der Waals surface area contributed by atoms with E-state index in [1.54, 1.807) is 16.8 Å². The van der Waals surface area contributed by atoms with Gasteiger partial charge in [0, 0.05) is 30.2 Å². The maximum Gasteiger partial charge on any atom is 0.231 e. The van der Waals surface area contributed by atoms with Crippen molar-refractivity contribution in [1.82, 2.24) is 29.9 Å². The monoisotopic (exact) mass is 459 g/mol. The predicted molar refractivity (Wildman–Crippen MR) is 112 cm³/mol. The van der Waals surface area contributed by atoms with Gasteiger partial charge in [0.15, 0.2) is 23.0 Å². The van der Waals surface area contributed by atoms with Crippen molar-refractivity contribution in [3.8, 4) is 17.0 Å². The second-order valence-corrected chi connectivity index (χ2v) is 8.28. The highest BCUT2D eigenvalue weighted by atomic mass is 35.5. The first-order valence-corrected chi connectivity index (χ1v) is 10.4. The van der Waals surface area contributed by atoms with Crippen molar-refractivity contribution in [3.63, 3.8) is 0 Å². The number of rotatable bonds is 5. The summed E-state index contributed by atoms with van der Waals surface area (Å²) < 4.78 is 35.7. The third kappa shape index (κ3) is 3.07. The summed E-state index contributed by atoms with van der Waals surface area (Å²) in [4.78, 5) is 20.6. The normalized spacial score (nSPS) is 20.5. The zero-order valence-electron chi connectivity index (χ0n) is 16.4. The number of carbonyl (C=O) groups is 1. The summed E-state index contributed by atoms with van der Waals surface area (Å²) >= 11 is 6.42. The van der Waals surface area contributed by atoms with Gasteiger partial charge in [-0.05, 0) is 6.42 Å². The highest BCUT2D eigenvalue weighted by molar-refractivity contribution is 6.35. The van der Waals surface area contributed by atoms with Crippen molar-refractivity contribution in [1.29, 1.82) is 0 Å². The average Bonchev–Trinajstić information content (AvgIpc) is 3.10. The predicted octanol–water partition coefficient (Wildman–Crippen LogP) is 2.71. The number of H-pyrrole nitrogens is 1. The molecule has 3 aromatic heterocycles. The molecule has 1 saturated heterocycles. The smallest absolute Gasteiger partial charge is 0.231 e. The highest BCUT2D eigenvalue weighted by Gasteiger charge is 2.43. The van der Waals surface area contributed by atoms with E-state index in [-0.39, 0.29) is 29.1 Å². The number of nitrogens with zero attached hydrogens (tertiary/aromatic N) is 4. The number of ether oxygens (including phenoxy) is 1. The minimum absolute atomic E-state index is 0.0256. The number of benzene rings is 1. The van der Waals surface area contributed by atoms with Crippen LogP contribution in [0.3, 0.4) is 0 Å². The molecule has 0 unspecified atom stereocenters. The summed E-state index contributed by atoms with van der Waals surface area (Å²) in [6, 6.07) is 0. The topological polar surface area (TPSA) is 109 Å². The van der Waals surface area contributed by atoms with Crippen molar-refractivity contribution in [2.75, 3.05) is 18.4 Å². The number of nitrogens with one attached hydrogen (secondary N) is 3. The van der Waals surface area contributed by atoms with E-state index < -0.39 is 23.8 Å². The van der Waals surface area contributed by atoms with Crippen LogP contribution in [0.4, 0.5) is 14.6 Å². The van der Waals surface area contributed by atoms with E-state index in [0.29, 0.717) is 40.9 Å². The van der Waals surface area contributed by atoms with E-state index in [1.807, 2.05) is 0 Å². The fourth-order valence-electron chi connectivity index (χ4n) is 3.70. The number of hydrogen-bond donors (Lipinski definition) is 3. The molecule has 4 heterocycles. The first-order valence-electron chi connectivity index (χ1n) is 10.0. The molecule has 1 aliphatic carbocycles. The van der Waals surface area contributed by atoms with Gasteiger partial charge < -0.3 is 19.8 Å². The van der Waals surface area contributed by atoms with Gasteiger partial charge in [-0.1, -0.05) is 11.6 Å². The first-order chi connectivity index (χ1) is 15.5. The van der Waals surface area contributed by atoms with Gasteiger partial charge in [0.1, 0.15) is 17.8 Å². The number of aromatic nitrogens is 5. The van der Waals surface area contributed by atoms with Gasteiger partial charge in [-0.2, -0.15) is 5.10 Å². The molecule has 6 rings (SSSR count). The Bertz CT molecular complexity index is 1380. The Morgan fingerprint density at radius 3 is 2.84 bits per heavy atom. The van der Waals surface area contributed by atoms with Crippen LogP contribution in [0.25, 0.3) is 27.8 Å². The Morgan fingerprint density at radius 2 is 2.12 bits per heavy atom. The first kappa shape index (κ1) is 19.4. The molecule has 4 aromatic rings. The van der Waals surface area contributed by atoms with Crippen LogP contribution in [-0.4, -0.2) is 55.8 Å². The largest absolute Gasteiger partial charge is 0.482 e. The molecule has 1 aliphatic heterocycles. The minimum Gasteiger partial charge on any atom is -0.482 e. The van der Waals surface area contributed by atoms with Crippen LogP contribution in [0, 0.1) is 11.7 Å². The molecule has 0 spiro atoms. The van der Waals surface area contributed by atoms with Crippen LogP contribution in [0.1, 0.15) is 6.42 Å². The molecule has 0 radical (unpaired) electrons. The van der Waals surface area contributed by atoms with Gasteiger partial charge in [0.05, 0.1) is 35.2 Å². The standard InChI is InChI=1S/C20H16ClF2N7O2/c21-16-15(10-4-26-29-18(10)19(17(16)23)32-8-2-24-3-8)12-6-30-7-13(27-14(30)5-25-12)28-20(31)9-1-11(9)22/h4-9,11,24H,1-3H2,(H,26,29)(H,28,31)/t9-,11+/m1/s1. The molecule has 164 valence electrons. The lowest BCUT2D eigenvalue weighted by Crippen LogP contribution is -2.50. The van der Waals surface area contributed by atoms with Crippen molar-refractivity contribution >= 4 is 39.9 Å². The summed E-state index contributed by atoms with van der Waals surface area (Å²) in [5, 5.41) is 12.9. The van der Waals surface area contributed by atoms with E-state index >= 15 is 4.39 Å². The molecule has 0 bridgehead atoms. The number of aromatic amines is 1. The lowest BCUT2D eigenvalue weighted by molar-refractivity contribution is -0.117. The SMILES string of the molecule is O=C(Nc1cn2cc(-c3c(Cl)c(F)c(OC4CNC4)c4[nH]ncc34)ncc2n1)[C@@H]1C[C@@H]1F. The van der Waals surface area contributed by atoms with Gasteiger partial charge in [0.25, 0.3) is 0 Å². The molecule has 1 aromatic carbocycles. The zero-order valence-corrected chi connectivity index (χ0v) is 17.2. The molecular weight excluding hydrogens is 444 g/mol. The maximum absolute atomic E-state index is 15.2. The van der Waals surface area contributed by atoms with Crippen molar-refractivity contribution in [2.45, 2.75) is 18.7 Å². The molecular formula is C20H16ClF2N7O2. The lowest BCUT2D eigenvalue weighted by Gasteiger charge is -2.28. The molecule has 2 atom stereocenters. The average molecular weight is 460 g/mol. The van der Waals surface area contributed by atoms with Crippen LogP contribution < -0.4 is 15.4 Å². The molecule has 9 nitrogen and oxygen atoms in total. The Balaban J connectivity index is 1.39. The van der Waals surface area contributed by atoms with Gasteiger partial charge in [-0.3, -0.25) is 14.9 Å². The number of imidazole rings is 1. The number of alkyl halides is 1. The third-order valence-corrected chi connectivity index (χ3v) is 6.03. The quantitative estimate of drug-likeness (QED) is 0.423. The van der Waals surface area contributed by atoms with E-state index in [9.17, 15) is 9.18 Å². The van der Waals surface area contributed by atoms with E-state index in [4.69, 9.17) is 16.3 Å². The minimum atomic E-state index is -1.10. The summed E-state index contributed by atoms with van der Waals surface area (Å²) in [6.07, 6.45) is 5.20. The van der Waals surface area contributed by atoms with E-state index in [0.717, 1.165) is 0 Å². The Labute approximate surface area is 184 Å². The molecule has 12 heteroatoms. The number of halogens is 3. The summed E-state index contributed by atoms with van der Waals surface area (Å²) in [7, 11) is 0. The molecule has 2 aliphatic rings. The maximum atomic E-state index is 15.2. The number of carbonyl (C=O) groups excluding carboxylic acids is 1. The number of amides is 1.